The Bertz CT molecular complexity index is 890. The normalized spacial score (nSPS) is 12.3. The van der Waals surface area contributed by atoms with Gasteiger partial charge >= 0.3 is 0 Å². The maximum atomic E-state index is 12.1. The van der Waals surface area contributed by atoms with Crippen LogP contribution in [0.2, 0.25) is 0 Å². The molecular formula is C10H11BrN4O4S2. The third-order valence-electron chi connectivity index (χ3n) is 2.48. The van der Waals surface area contributed by atoms with Crippen molar-refractivity contribution in [2.45, 2.75) is 9.79 Å². The van der Waals surface area contributed by atoms with E-state index in [2.05, 4.69) is 25.8 Å². The predicted octanol–water partition coefficient (Wildman–Crippen LogP) is 0.631. The molecule has 0 saturated heterocycles. The van der Waals surface area contributed by atoms with Crippen molar-refractivity contribution in [2.75, 3.05) is 4.72 Å². The molecule has 0 amide bonds. The molecule has 0 saturated carbocycles. The molecule has 114 valence electrons. The highest BCUT2D eigenvalue weighted by atomic mass is 79.9. The molecule has 1 aromatic heterocycles. The number of primary sulfonamides is 1. The van der Waals surface area contributed by atoms with Crippen molar-refractivity contribution in [1.82, 2.24) is 9.78 Å². The maximum absolute atomic E-state index is 12.1. The summed E-state index contributed by atoms with van der Waals surface area (Å²) >= 11 is 3.04. The molecule has 0 spiro atoms. The number of anilines is 1. The molecule has 1 heterocycles. The largest absolute Gasteiger partial charge is 0.279 e. The van der Waals surface area contributed by atoms with Crippen LogP contribution in [0.1, 0.15) is 0 Å². The first kappa shape index (κ1) is 15.9. The first-order chi connectivity index (χ1) is 9.59. The fraction of sp³-hybridized carbons (Fsp3) is 0.100. The van der Waals surface area contributed by atoms with E-state index in [0.29, 0.717) is 0 Å². The summed E-state index contributed by atoms with van der Waals surface area (Å²) in [5, 5.41) is 8.80. The number of rotatable bonds is 4. The Kier molecular flexibility index (Phi) is 4.10. The standard InChI is InChI=1S/C10H11BrN4O4S2/c1-15-6-8(5-13-15)21(18,19)14-7-2-3-10(9(11)4-7)20(12,16)17/h2-6,14H,1H3,(H2,12,16,17). The molecule has 0 aliphatic rings. The van der Waals surface area contributed by atoms with Gasteiger partial charge in [-0.15, -0.1) is 0 Å². The first-order valence-electron chi connectivity index (χ1n) is 5.43. The van der Waals surface area contributed by atoms with E-state index in [4.69, 9.17) is 5.14 Å². The average molecular weight is 395 g/mol. The minimum Gasteiger partial charge on any atom is -0.279 e. The van der Waals surface area contributed by atoms with Crippen LogP contribution in [-0.2, 0) is 27.1 Å². The van der Waals surface area contributed by atoms with Crippen LogP contribution in [0, 0.1) is 0 Å². The maximum Gasteiger partial charge on any atom is 0.265 e. The SMILES string of the molecule is Cn1cc(S(=O)(=O)Nc2ccc(S(N)(=O)=O)c(Br)c2)cn1. The van der Waals surface area contributed by atoms with Crippen LogP contribution >= 0.6 is 15.9 Å². The van der Waals surface area contributed by atoms with Gasteiger partial charge in [0.15, 0.2) is 0 Å². The number of benzene rings is 1. The fourth-order valence-corrected chi connectivity index (χ4v) is 4.22. The minimum atomic E-state index is -3.88. The Morgan fingerprint density at radius 2 is 1.95 bits per heavy atom. The zero-order chi connectivity index (χ0) is 15.8. The average Bonchev–Trinajstić information content (AvgIpc) is 2.74. The van der Waals surface area contributed by atoms with Crippen molar-refractivity contribution in [2.24, 2.45) is 12.2 Å². The van der Waals surface area contributed by atoms with E-state index < -0.39 is 20.0 Å². The zero-order valence-electron chi connectivity index (χ0n) is 10.7. The second-order valence-corrected chi connectivity index (χ2v) is 8.21. The molecule has 8 nitrogen and oxygen atoms in total. The van der Waals surface area contributed by atoms with Crippen molar-refractivity contribution in [3.05, 3.63) is 35.1 Å². The minimum absolute atomic E-state index is 0.00311. The van der Waals surface area contributed by atoms with Crippen molar-refractivity contribution in [1.29, 1.82) is 0 Å². The van der Waals surface area contributed by atoms with Crippen LogP contribution in [0.5, 0.6) is 0 Å². The van der Waals surface area contributed by atoms with Crippen LogP contribution in [0.4, 0.5) is 5.69 Å². The van der Waals surface area contributed by atoms with Gasteiger partial charge in [-0.05, 0) is 34.1 Å². The van der Waals surface area contributed by atoms with Crippen molar-refractivity contribution in [3.8, 4) is 0 Å². The number of halogens is 1. The van der Waals surface area contributed by atoms with Crippen LogP contribution < -0.4 is 9.86 Å². The van der Waals surface area contributed by atoms with Crippen molar-refractivity contribution >= 4 is 41.7 Å². The topological polar surface area (TPSA) is 124 Å². The molecule has 0 fully saturated rings. The molecule has 0 aliphatic heterocycles. The third-order valence-corrected chi connectivity index (χ3v) is 5.71. The number of aryl methyl sites for hydroxylation is 1. The van der Waals surface area contributed by atoms with Gasteiger partial charge in [-0.25, -0.2) is 22.0 Å². The number of hydrogen-bond acceptors (Lipinski definition) is 5. The van der Waals surface area contributed by atoms with E-state index >= 15 is 0 Å². The van der Waals surface area contributed by atoms with Gasteiger partial charge in [0.1, 0.15) is 4.90 Å². The molecule has 0 radical (unpaired) electrons. The summed E-state index contributed by atoms with van der Waals surface area (Å²) in [5.41, 5.74) is 0.193. The Labute approximate surface area is 130 Å². The quantitative estimate of drug-likeness (QED) is 0.786. The lowest BCUT2D eigenvalue weighted by Gasteiger charge is -2.08. The van der Waals surface area contributed by atoms with Gasteiger partial charge in [0, 0.05) is 17.7 Å². The van der Waals surface area contributed by atoms with Gasteiger partial charge in [-0.1, -0.05) is 0 Å². The van der Waals surface area contributed by atoms with Crippen LogP contribution in [0.15, 0.2) is 44.9 Å². The van der Waals surface area contributed by atoms with Gasteiger partial charge in [0.05, 0.1) is 16.8 Å². The molecule has 2 aromatic rings. The van der Waals surface area contributed by atoms with E-state index in [-0.39, 0.29) is 20.0 Å². The van der Waals surface area contributed by atoms with E-state index in [1.54, 1.807) is 7.05 Å². The second-order valence-electron chi connectivity index (χ2n) is 4.15. The highest BCUT2D eigenvalue weighted by molar-refractivity contribution is 9.10. The summed E-state index contributed by atoms with van der Waals surface area (Å²) in [7, 11) is -6.08. The third kappa shape index (κ3) is 3.61. The summed E-state index contributed by atoms with van der Waals surface area (Å²) in [4.78, 5) is -0.136. The summed E-state index contributed by atoms with van der Waals surface area (Å²) in [6, 6.07) is 3.83. The number of nitrogens with one attached hydrogen (secondary N) is 1. The van der Waals surface area contributed by atoms with Crippen molar-refractivity contribution < 1.29 is 16.8 Å². The molecule has 21 heavy (non-hydrogen) atoms. The van der Waals surface area contributed by atoms with E-state index in [9.17, 15) is 16.8 Å². The Balaban J connectivity index is 2.35. The second kappa shape index (κ2) is 5.40. The fourth-order valence-electron chi connectivity index (χ4n) is 1.55. The highest BCUT2D eigenvalue weighted by Crippen LogP contribution is 2.26. The van der Waals surface area contributed by atoms with Gasteiger partial charge < -0.3 is 0 Å². The summed E-state index contributed by atoms with van der Waals surface area (Å²) in [6.07, 6.45) is 2.55. The molecule has 11 heteroatoms. The number of hydrogen-bond donors (Lipinski definition) is 2. The molecule has 0 bridgehead atoms. The number of sulfonamides is 2. The van der Waals surface area contributed by atoms with Gasteiger partial charge in [0.25, 0.3) is 10.0 Å². The van der Waals surface area contributed by atoms with E-state index in [0.717, 1.165) is 0 Å². The Hall–Kier alpha value is -1.43. The summed E-state index contributed by atoms with van der Waals surface area (Å²) in [6.45, 7) is 0. The van der Waals surface area contributed by atoms with Crippen LogP contribution in [0.3, 0.4) is 0 Å². The number of aromatic nitrogens is 2. The zero-order valence-corrected chi connectivity index (χ0v) is 13.9. The highest BCUT2D eigenvalue weighted by Gasteiger charge is 2.18. The molecule has 0 unspecified atom stereocenters. The van der Waals surface area contributed by atoms with Gasteiger partial charge in [-0.2, -0.15) is 5.10 Å². The van der Waals surface area contributed by atoms with Crippen molar-refractivity contribution in [3.63, 3.8) is 0 Å². The predicted molar refractivity (Wildman–Crippen MR) is 79.5 cm³/mol. The molecule has 3 N–H and O–H groups in total. The molecule has 0 aliphatic carbocycles. The Morgan fingerprint density at radius 1 is 1.29 bits per heavy atom. The first-order valence-corrected chi connectivity index (χ1v) is 9.26. The lowest BCUT2D eigenvalue weighted by Crippen LogP contribution is -2.14. The lowest BCUT2D eigenvalue weighted by atomic mass is 10.3. The molecule has 1 aromatic carbocycles. The van der Waals surface area contributed by atoms with Gasteiger partial charge in [-0.3, -0.25) is 9.40 Å². The number of nitrogens with two attached hydrogens (primary N) is 1. The number of nitrogens with zero attached hydrogens (tertiary/aromatic N) is 2. The lowest BCUT2D eigenvalue weighted by molar-refractivity contribution is 0.597. The molecular weight excluding hydrogens is 384 g/mol. The van der Waals surface area contributed by atoms with E-state index in [1.165, 1.54) is 35.3 Å². The Morgan fingerprint density at radius 3 is 2.43 bits per heavy atom. The van der Waals surface area contributed by atoms with Crippen LogP contribution in [0.25, 0.3) is 0 Å². The van der Waals surface area contributed by atoms with Crippen LogP contribution in [-0.4, -0.2) is 26.6 Å². The monoisotopic (exact) mass is 394 g/mol. The summed E-state index contributed by atoms with van der Waals surface area (Å²) in [5.74, 6) is 0. The molecule has 0 atom stereocenters. The smallest absolute Gasteiger partial charge is 0.265 e. The van der Waals surface area contributed by atoms with Gasteiger partial charge in [0.2, 0.25) is 10.0 Å². The summed E-state index contributed by atoms with van der Waals surface area (Å²) < 4.78 is 50.6. The van der Waals surface area contributed by atoms with E-state index in [1.807, 2.05) is 0 Å². The molecule has 2 rings (SSSR count).